The monoisotopic (exact) mass is 221 g/mol. The molecule has 0 atom stereocenters. The number of amides is 1. The van der Waals surface area contributed by atoms with Crippen molar-refractivity contribution in [1.29, 1.82) is 0 Å². The lowest BCUT2D eigenvalue weighted by Crippen LogP contribution is -2.37. The van der Waals surface area contributed by atoms with E-state index in [1.807, 2.05) is 12.1 Å². The molecular formula is C11H15N3O2. The molecule has 0 saturated carbocycles. The second-order valence-electron chi connectivity index (χ2n) is 3.75. The molecule has 86 valence electrons. The molecule has 5 heteroatoms. The van der Waals surface area contributed by atoms with Crippen LogP contribution in [0.2, 0.25) is 0 Å². The maximum atomic E-state index is 11.4. The number of aromatic nitrogens is 1. The molecule has 0 aliphatic carbocycles. The summed E-state index contributed by atoms with van der Waals surface area (Å²) in [5, 5.41) is 0. The minimum absolute atomic E-state index is 0.239. The van der Waals surface area contributed by atoms with E-state index in [1.54, 1.807) is 11.1 Å². The summed E-state index contributed by atoms with van der Waals surface area (Å²) in [7, 11) is 0. The van der Waals surface area contributed by atoms with E-state index in [-0.39, 0.29) is 6.09 Å². The summed E-state index contributed by atoms with van der Waals surface area (Å²) in [6, 6.07) is 3.81. The van der Waals surface area contributed by atoms with Crippen molar-refractivity contribution in [1.82, 2.24) is 9.88 Å². The van der Waals surface area contributed by atoms with Crippen molar-refractivity contribution < 1.29 is 9.53 Å². The van der Waals surface area contributed by atoms with E-state index in [9.17, 15) is 4.79 Å². The molecule has 0 unspecified atom stereocenters. The van der Waals surface area contributed by atoms with Crippen molar-refractivity contribution in [3.8, 4) is 0 Å². The lowest BCUT2D eigenvalue weighted by atomic mass is 10.2. The predicted octanol–water partition coefficient (Wildman–Crippen LogP) is 0.883. The summed E-state index contributed by atoms with van der Waals surface area (Å²) in [6.07, 6.45) is 2.37. The Labute approximate surface area is 94.2 Å². The van der Waals surface area contributed by atoms with Gasteiger partial charge in [-0.05, 0) is 24.1 Å². The molecule has 1 aliphatic heterocycles. The Hall–Kier alpha value is -1.62. The van der Waals surface area contributed by atoms with Crippen LogP contribution < -0.4 is 5.73 Å². The van der Waals surface area contributed by atoms with Crippen LogP contribution in [0.4, 0.5) is 4.79 Å². The first kappa shape index (κ1) is 10.9. The fourth-order valence-corrected chi connectivity index (χ4v) is 1.70. The standard InChI is InChI=1S/C11H15N3O2/c12-7-10-6-9(2-3-13-10)8-14-4-1-5-16-11(14)15/h2-3,6H,1,4-5,7-8,12H2. The molecule has 0 spiro atoms. The summed E-state index contributed by atoms with van der Waals surface area (Å²) < 4.78 is 4.97. The molecule has 0 radical (unpaired) electrons. The van der Waals surface area contributed by atoms with Crippen LogP contribution in [0.5, 0.6) is 0 Å². The van der Waals surface area contributed by atoms with Gasteiger partial charge in [-0.25, -0.2) is 4.79 Å². The van der Waals surface area contributed by atoms with Crippen LogP contribution in [-0.2, 0) is 17.8 Å². The normalized spacial score (nSPS) is 16.1. The first-order valence-corrected chi connectivity index (χ1v) is 5.35. The largest absolute Gasteiger partial charge is 0.449 e. The van der Waals surface area contributed by atoms with E-state index in [2.05, 4.69) is 4.98 Å². The van der Waals surface area contributed by atoms with Gasteiger partial charge in [-0.1, -0.05) is 0 Å². The minimum Gasteiger partial charge on any atom is -0.449 e. The summed E-state index contributed by atoms with van der Waals surface area (Å²) >= 11 is 0. The van der Waals surface area contributed by atoms with Crippen LogP contribution in [0.1, 0.15) is 17.7 Å². The number of carbonyl (C=O) groups is 1. The molecule has 16 heavy (non-hydrogen) atoms. The van der Waals surface area contributed by atoms with Crippen molar-refractivity contribution in [2.75, 3.05) is 13.2 Å². The highest BCUT2D eigenvalue weighted by Crippen LogP contribution is 2.11. The molecule has 0 bridgehead atoms. The van der Waals surface area contributed by atoms with Gasteiger partial charge >= 0.3 is 6.09 Å². The van der Waals surface area contributed by atoms with E-state index in [0.29, 0.717) is 19.7 Å². The SMILES string of the molecule is NCc1cc(CN2CCCOC2=O)ccn1. The lowest BCUT2D eigenvalue weighted by molar-refractivity contribution is 0.0700. The second-order valence-corrected chi connectivity index (χ2v) is 3.75. The van der Waals surface area contributed by atoms with Crippen LogP contribution in [0.3, 0.4) is 0 Å². The number of nitrogens with two attached hydrogens (primary N) is 1. The van der Waals surface area contributed by atoms with Crippen LogP contribution in [-0.4, -0.2) is 29.1 Å². The number of carbonyl (C=O) groups excluding carboxylic acids is 1. The molecular weight excluding hydrogens is 206 g/mol. The number of ether oxygens (including phenoxy) is 1. The first-order chi connectivity index (χ1) is 7.79. The first-order valence-electron chi connectivity index (χ1n) is 5.35. The molecule has 1 fully saturated rings. The van der Waals surface area contributed by atoms with Crippen molar-refractivity contribution >= 4 is 6.09 Å². The Morgan fingerprint density at radius 1 is 1.56 bits per heavy atom. The third-order valence-electron chi connectivity index (χ3n) is 2.52. The van der Waals surface area contributed by atoms with Gasteiger partial charge in [0.25, 0.3) is 0 Å². The number of pyridine rings is 1. The smallest absolute Gasteiger partial charge is 0.410 e. The van der Waals surface area contributed by atoms with Gasteiger partial charge in [-0.3, -0.25) is 4.98 Å². The van der Waals surface area contributed by atoms with Gasteiger partial charge in [0.2, 0.25) is 0 Å². The van der Waals surface area contributed by atoms with Gasteiger partial charge < -0.3 is 15.4 Å². The van der Waals surface area contributed by atoms with E-state index < -0.39 is 0 Å². The summed E-state index contributed by atoms with van der Waals surface area (Å²) in [6.45, 7) is 2.26. The number of cyclic esters (lactones) is 1. The molecule has 2 heterocycles. The Bertz CT molecular complexity index is 381. The fraction of sp³-hybridized carbons (Fsp3) is 0.455. The highest BCUT2D eigenvalue weighted by molar-refractivity contribution is 5.68. The molecule has 1 saturated heterocycles. The number of rotatable bonds is 3. The van der Waals surface area contributed by atoms with Crippen LogP contribution in [0, 0.1) is 0 Å². The van der Waals surface area contributed by atoms with Gasteiger partial charge in [-0.15, -0.1) is 0 Å². The van der Waals surface area contributed by atoms with Crippen molar-refractivity contribution in [3.05, 3.63) is 29.6 Å². The molecule has 1 amide bonds. The average molecular weight is 221 g/mol. The topological polar surface area (TPSA) is 68.4 Å². The summed E-state index contributed by atoms with van der Waals surface area (Å²) in [5.41, 5.74) is 7.38. The summed E-state index contributed by atoms with van der Waals surface area (Å²) in [5.74, 6) is 0. The molecule has 1 aliphatic rings. The van der Waals surface area contributed by atoms with Crippen molar-refractivity contribution in [2.24, 2.45) is 5.73 Å². The van der Waals surface area contributed by atoms with E-state index in [1.165, 1.54) is 0 Å². The highest BCUT2D eigenvalue weighted by Gasteiger charge is 2.19. The zero-order valence-corrected chi connectivity index (χ0v) is 9.06. The van der Waals surface area contributed by atoms with Gasteiger partial charge in [0.1, 0.15) is 0 Å². The van der Waals surface area contributed by atoms with E-state index >= 15 is 0 Å². The molecule has 1 aromatic heterocycles. The van der Waals surface area contributed by atoms with E-state index in [0.717, 1.165) is 24.2 Å². The molecule has 0 aromatic carbocycles. The maximum Gasteiger partial charge on any atom is 0.410 e. The Kier molecular flexibility index (Phi) is 3.36. The van der Waals surface area contributed by atoms with Crippen LogP contribution in [0.25, 0.3) is 0 Å². The Balaban J connectivity index is 2.04. The molecule has 2 rings (SSSR count). The van der Waals surface area contributed by atoms with Gasteiger partial charge in [0.15, 0.2) is 0 Å². The van der Waals surface area contributed by atoms with Crippen LogP contribution >= 0.6 is 0 Å². The highest BCUT2D eigenvalue weighted by atomic mass is 16.6. The van der Waals surface area contributed by atoms with Gasteiger partial charge in [0.05, 0.1) is 12.3 Å². The number of nitrogens with zero attached hydrogens (tertiary/aromatic N) is 2. The predicted molar refractivity (Wildman–Crippen MR) is 58.5 cm³/mol. The maximum absolute atomic E-state index is 11.4. The average Bonchev–Trinajstić information content (AvgIpc) is 2.32. The summed E-state index contributed by atoms with van der Waals surface area (Å²) in [4.78, 5) is 17.2. The molecule has 1 aromatic rings. The quantitative estimate of drug-likeness (QED) is 0.822. The third kappa shape index (κ3) is 2.49. The zero-order chi connectivity index (χ0) is 11.4. The zero-order valence-electron chi connectivity index (χ0n) is 9.06. The van der Waals surface area contributed by atoms with Gasteiger partial charge in [-0.2, -0.15) is 0 Å². The van der Waals surface area contributed by atoms with E-state index in [4.69, 9.17) is 10.5 Å². The lowest BCUT2D eigenvalue weighted by Gasteiger charge is -2.26. The number of hydrogen-bond acceptors (Lipinski definition) is 4. The second kappa shape index (κ2) is 4.94. The number of hydrogen-bond donors (Lipinski definition) is 1. The molecule has 2 N–H and O–H groups in total. The van der Waals surface area contributed by atoms with Gasteiger partial charge in [0, 0.05) is 25.8 Å². The fourth-order valence-electron chi connectivity index (χ4n) is 1.70. The third-order valence-corrected chi connectivity index (χ3v) is 2.52. The van der Waals surface area contributed by atoms with Crippen LogP contribution in [0.15, 0.2) is 18.3 Å². The minimum atomic E-state index is -0.239. The van der Waals surface area contributed by atoms with Crippen molar-refractivity contribution in [2.45, 2.75) is 19.5 Å². The van der Waals surface area contributed by atoms with Crippen molar-refractivity contribution in [3.63, 3.8) is 0 Å². The Morgan fingerprint density at radius 3 is 3.19 bits per heavy atom. The Morgan fingerprint density at radius 2 is 2.44 bits per heavy atom. The molecule has 5 nitrogen and oxygen atoms in total.